The number of halogens is 1. The van der Waals surface area contributed by atoms with Crippen molar-refractivity contribution in [2.45, 2.75) is 27.3 Å². The molecule has 0 fully saturated rings. The summed E-state index contributed by atoms with van der Waals surface area (Å²) in [4.78, 5) is 24.9. The maximum atomic E-state index is 12.3. The van der Waals surface area contributed by atoms with Gasteiger partial charge in [0.15, 0.2) is 0 Å². The molecule has 0 saturated heterocycles. The topological polar surface area (TPSA) is 60.3 Å². The van der Waals surface area contributed by atoms with Crippen LogP contribution in [0.25, 0.3) is 0 Å². The van der Waals surface area contributed by atoms with Gasteiger partial charge in [0, 0.05) is 22.8 Å². The van der Waals surface area contributed by atoms with Crippen LogP contribution in [-0.2, 0) is 6.54 Å². The number of carbonyl (C=O) groups is 1. The van der Waals surface area contributed by atoms with E-state index in [-0.39, 0.29) is 10.8 Å². The molecule has 24 heavy (non-hydrogen) atoms. The Bertz CT molecular complexity index is 796. The Morgan fingerprint density at radius 1 is 1.42 bits per heavy atom. The first-order valence-electron chi connectivity index (χ1n) is 7.64. The lowest BCUT2D eigenvalue weighted by Gasteiger charge is -2.11. The molecule has 2 rings (SSSR count). The molecule has 0 spiro atoms. The third-order valence-electron chi connectivity index (χ3n) is 3.59. The van der Waals surface area contributed by atoms with Gasteiger partial charge >= 0.3 is 4.87 Å². The lowest BCUT2D eigenvalue weighted by molar-refractivity contribution is 0.0952. The number of thiazole rings is 1. The number of hydrogen-bond donors (Lipinski definition) is 1. The zero-order chi connectivity index (χ0) is 17.9. The normalized spacial score (nSPS) is 10.9. The number of hydrogen-bond acceptors (Lipinski definition) is 4. The number of aromatic nitrogens is 1. The highest BCUT2D eigenvalue weighted by Gasteiger charge is 2.18. The fourth-order valence-electron chi connectivity index (χ4n) is 2.29. The number of rotatable bonds is 6. The minimum absolute atomic E-state index is 0.177. The molecule has 1 aromatic carbocycles. The second-order valence-electron chi connectivity index (χ2n) is 5.93. The van der Waals surface area contributed by atoms with E-state index >= 15 is 0 Å². The minimum Gasteiger partial charge on any atom is -0.496 e. The number of amides is 1. The van der Waals surface area contributed by atoms with Crippen LogP contribution in [0.5, 0.6) is 5.75 Å². The van der Waals surface area contributed by atoms with E-state index in [1.165, 1.54) is 0 Å². The fraction of sp³-hybridized carbons (Fsp3) is 0.412. The van der Waals surface area contributed by atoms with E-state index in [4.69, 9.17) is 16.3 Å². The van der Waals surface area contributed by atoms with Crippen LogP contribution in [0.1, 0.15) is 34.8 Å². The Morgan fingerprint density at radius 2 is 2.12 bits per heavy atom. The standard InChI is InChI=1S/C17H21ClN2O3S/c1-10(2)8-19-16(21)15-11(3)20(17(22)24-15)9-12-7-13(18)5-6-14(12)23-4/h5-7,10H,8-9H2,1-4H3,(H,19,21). The van der Waals surface area contributed by atoms with Crippen LogP contribution in [0.2, 0.25) is 5.02 Å². The van der Waals surface area contributed by atoms with Gasteiger partial charge in [0.25, 0.3) is 5.91 Å². The van der Waals surface area contributed by atoms with Crippen molar-refractivity contribution in [3.8, 4) is 5.75 Å². The van der Waals surface area contributed by atoms with Crippen molar-refractivity contribution < 1.29 is 9.53 Å². The second kappa shape index (κ2) is 7.85. The molecule has 0 aliphatic carbocycles. The van der Waals surface area contributed by atoms with Gasteiger partial charge in [-0.3, -0.25) is 14.2 Å². The SMILES string of the molecule is COc1ccc(Cl)cc1Cn1c(C)c(C(=O)NCC(C)C)sc1=O. The highest BCUT2D eigenvalue weighted by Crippen LogP contribution is 2.24. The van der Waals surface area contributed by atoms with Crippen LogP contribution < -0.4 is 14.9 Å². The summed E-state index contributed by atoms with van der Waals surface area (Å²) in [6.07, 6.45) is 0. The van der Waals surface area contributed by atoms with E-state index in [0.717, 1.165) is 16.9 Å². The van der Waals surface area contributed by atoms with Gasteiger partial charge < -0.3 is 10.1 Å². The quantitative estimate of drug-likeness (QED) is 0.850. The fourth-order valence-corrected chi connectivity index (χ4v) is 3.39. The maximum absolute atomic E-state index is 12.3. The molecular weight excluding hydrogens is 348 g/mol. The predicted molar refractivity (Wildman–Crippen MR) is 97.6 cm³/mol. The van der Waals surface area contributed by atoms with Gasteiger partial charge in [-0.25, -0.2) is 0 Å². The van der Waals surface area contributed by atoms with E-state index in [2.05, 4.69) is 5.32 Å². The van der Waals surface area contributed by atoms with Crippen LogP contribution in [0.4, 0.5) is 0 Å². The summed E-state index contributed by atoms with van der Waals surface area (Å²) in [5, 5.41) is 3.42. The summed E-state index contributed by atoms with van der Waals surface area (Å²) in [6, 6.07) is 5.26. The largest absolute Gasteiger partial charge is 0.496 e. The van der Waals surface area contributed by atoms with Crippen molar-refractivity contribution >= 4 is 28.8 Å². The first-order valence-corrected chi connectivity index (χ1v) is 8.83. The molecule has 2 aromatic rings. The first-order chi connectivity index (χ1) is 11.3. The average Bonchev–Trinajstić information content (AvgIpc) is 2.81. The van der Waals surface area contributed by atoms with Crippen LogP contribution >= 0.6 is 22.9 Å². The Hall–Kier alpha value is -1.79. The molecule has 1 aromatic heterocycles. The third kappa shape index (κ3) is 4.19. The van der Waals surface area contributed by atoms with Crippen LogP contribution in [0.3, 0.4) is 0 Å². The number of benzene rings is 1. The molecule has 0 aliphatic rings. The van der Waals surface area contributed by atoms with E-state index < -0.39 is 0 Å². The van der Waals surface area contributed by atoms with Crippen LogP contribution in [0, 0.1) is 12.8 Å². The van der Waals surface area contributed by atoms with Crippen LogP contribution in [-0.4, -0.2) is 24.1 Å². The summed E-state index contributed by atoms with van der Waals surface area (Å²) in [5.74, 6) is 0.798. The Labute approximate surface area is 150 Å². The first kappa shape index (κ1) is 18.5. The number of carbonyl (C=O) groups excluding carboxylic acids is 1. The van der Waals surface area contributed by atoms with Crippen molar-refractivity contribution in [1.29, 1.82) is 0 Å². The molecule has 0 unspecified atom stereocenters. The second-order valence-corrected chi connectivity index (χ2v) is 7.33. The number of ether oxygens (including phenoxy) is 1. The van der Waals surface area contributed by atoms with Crippen molar-refractivity contribution in [2.24, 2.45) is 5.92 Å². The van der Waals surface area contributed by atoms with Crippen molar-refractivity contribution in [3.63, 3.8) is 0 Å². The molecular formula is C17H21ClN2O3S. The maximum Gasteiger partial charge on any atom is 0.308 e. The average molecular weight is 369 g/mol. The van der Waals surface area contributed by atoms with Crippen molar-refractivity contribution in [1.82, 2.24) is 9.88 Å². The molecule has 7 heteroatoms. The summed E-state index contributed by atoms with van der Waals surface area (Å²) < 4.78 is 6.89. The van der Waals surface area contributed by atoms with E-state index in [1.807, 2.05) is 13.8 Å². The van der Waals surface area contributed by atoms with E-state index in [9.17, 15) is 9.59 Å². The lowest BCUT2D eigenvalue weighted by Crippen LogP contribution is -2.27. The van der Waals surface area contributed by atoms with Gasteiger partial charge in [-0.05, 0) is 31.0 Å². The molecule has 1 heterocycles. The number of nitrogens with zero attached hydrogens (tertiary/aromatic N) is 1. The highest BCUT2D eigenvalue weighted by molar-refractivity contribution is 7.11. The van der Waals surface area contributed by atoms with E-state index in [0.29, 0.717) is 40.4 Å². The van der Waals surface area contributed by atoms with Gasteiger partial charge in [0.05, 0.1) is 13.7 Å². The summed E-state index contributed by atoms with van der Waals surface area (Å²) in [5.41, 5.74) is 1.44. The minimum atomic E-state index is -0.208. The zero-order valence-electron chi connectivity index (χ0n) is 14.2. The zero-order valence-corrected chi connectivity index (χ0v) is 15.8. The smallest absolute Gasteiger partial charge is 0.308 e. The number of nitrogens with one attached hydrogen (secondary N) is 1. The Kier molecular flexibility index (Phi) is 6.07. The van der Waals surface area contributed by atoms with Gasteiger partial charge in [0.2, 0.25) is 0 Å². The summed E-state index contributed by atoms with van der Waals surface area (Å²) in [7, 11) is 1.57. The van der Waals surface area contributed by atoms with E-state index in [1.54, 1.807) is 36.8 Å². The Morgan fingerprint density at radius 3 is 2.75 bits per heavy atom. The van der Waals surface area contributed by atoms with Gasteiger partial charge in [-0.2, -0.15) is 0 Å². The van der Waals surface area contributed by atoms with Crippen molar-refractivity contribution in [2.75, 3.05) is 13.7 Å². The molecule has 0 bridgehead atoms. The molecule has 0 atom stereocenters. The molecule has 0 aliphatic heterocycles. The van der Waals surface area contributed by atoms with Gasteiger partial charge in [0.1, 0.15) is 10.6 Å². The molecule has 1 N–H and O–H groups in total. The molecule has 130 valence electrons. The summed E-state index contributed by atoms with van der Waals surface area (Å²) >= 11 is 7.00. The molecule has 5 nitrogen and oxygen atoms in total. The monoisotopic (exact) mass is 368 g/mol. The molecule has 1 amide bonds. The summed E-state index contributed by atoms with van der Waals surface area (Å²) in [6.45, 7) is 6.70. The lowest BCUT2D eigenvalue weighted by atomic mass is 10.2. The molecule has 0 radical (unpaired) electrons. The number of methoxy groups -OCH3 is 1. The van der Waals surface area contributed by atoms with Crippen molar-refractivity contribution in [3.05, 3.63) is 49.0 Å². The van der Waals surface area contributed by atoms with Gasteiger partial charge in [-0.1, -0.05) is 36.8 Å². The Balaban J connectivity index is 2.31. The molecule has 0 saturated carbocycles. The predicted octanol–water partition coefficient (Wildman–Crippen LogP) is 3.31. The third-order valence-corrected chi connectivity index (χ3v) is 4.91. The highest BCUT2D eigenvalue weighted by atomic mass is 35.5. The van der Waals surface area contributed by atoms with Crippen LogP contribution in [0.15, 0.2) is 23.0 Å². The van der Waals surface area contributed by atoms with Gasteiger partial charge in [-0.15, -0.1) is 0 Å².